The first-order chi connectivity index (χ1) is 9.91. The van der Waals surface area contributed by atoms with Crippen molar-refractivity contribution in [2.45, 2.75) is 26.4 Å². The van der Waals surface area contributed by atoms with E-state index >= 15 is 0 Å². The lowest BCUT2D eigenvalue weighted by Crippen LogP contribution is -2.32. The van der Waals surface area contributed by atoms with Gasteiger partial charge in [-0.25, -0.2) is 4.39 Å². The van der Waals surface area contributed by atoms with E-state index < -0.39 is 35.1 Å². The Morgan fingerprint density at radius 2 is 1.90 bits per heavy atom. The summed E-state index contributed by atoms with van der Waals surface area (Å²) in [5, 5.41) is 0. The van der Waals surface area contributed by atoms with Gasteiger partial charge in [-0.2, -0.15) is 0 Å². The molecule has 0 heterocycles. The van der Waals surface area contributed by atoms with Crippen LogP contribution in [0.4, 0.5) is 4.39 Å². The number of benzene rings is 1. The topological polar surface area (TPSA) is 69.7 Å². The number of carbonyl (C=O) groups excluding carboxylic acids is 3. The van der Waals surface area contributed by atoms with Crippen molar-refractivity contribution in [3.8, 4) is 0 Å². The van der Waals surface area contributed by atoms with Crippen molar-refractivity contribution in [1.29, 1.82) is 0 Å². The summed E-state index contributed by atoms with van der Waals surface area (Å²) in [6.45, 7) is 2.94. The molecule has 0 radical (unpaired) electrons. The van der Waals surface area contributed by atoms with Gasteiger partial charge in [0.1, 0.15) is 11.9 Å². The number of rotatable bonds is 5. The zero-order valence-electron chi connectivity index (χ0n) is 11.7. The van der Waals surface area contributed by atoms with Gasteiger partial charge in [0.25, 0.3) is 0 Å². The Morgan fingerprint density at radius 1 is 1.29 bits per heavy atom. The Labute approximate surface area is 121 Å². The lowest BCUT2D eigenvalue weighted by Gasteiger charge is -2.14. The van der Waals surface area contributed by atoms with Crippen LogP contribution in [0, 0.1) is 11.2 Å². The van der Waals surface area contributed by atoms with Crippen LogP contribution in [0.25, 0.3) is 0 Å². The van der Waals surface area contributed by atoms with E-state index in [1.54, 1.807) is 6.92 Å². The minimum atomic E-state index is -1.50. The second kappa shape index (κ2) is 5.63. The molecule has 0 spiro atoms. The molecule has 0 aromatic heterocycles. The SMILES string of the molecule is CCOC(=O)[C@]1(C(=O)c2ccc(F)cc2)CC1OC(C)=O. The fourth-order valence-corrected chi connectivity index (χ4v) is 2.24. The van der Waals surface area contributed by atoms with Gasteiger partial charge in [-0.05, 0) is 31.2 Å². The summed E-state index contributed by atoms with van der Waals surface area (Å²) in [6, 6.07) is 4.86. The van der Waals surface area contributed by atoms with E-state index in [1.807, 2.05) is 0 Å². The highest BCUT2D eigenvalue weighted by molar-refractivity contribution is 6.16. The number of carbonyl (C=O) groups is 3. The summed E-state index contributed by atoms with van der Waals surface area (Å²) in [5.74, 6) is -2.29. The summed E-state index contributed by atoms with van der Waals surface area (Å²) in [6.07, 6.45) is -0.742. The third-order valence-corrected chi connectivity index (χ3v) is 3.36. The molecule has 1 unspecified atom stereocenters. The molecule has 0 bridgehead atoms. The number of ketones is 1. The third kappa shape index (κ3) is 2.79. The predicted molar refractivity (Wildman–Crippen MR) is 70.0 cm³/mol. The molecule has 0 amide bonds. The van der Waals surface area contributed by atoms with Crippen LogP contribution >= 0.6 is 0 Å². The van der Waals surface area contributed by atoms with Gasteiger partial charge >= 0.3 is 11.9 Å². The van der Waals surface area contributed by atoms with Crippen molar-refractivity contribution in [2.24, 2.45) is 5.41 Å². The van der Waals surface area contributed by atoms with Gasteiger partial charge < -0.3 is 9.47 Å². The van der Waals surface area contributed by atoms with Gasteiger partial charge in [0.2, 0.25) is 0 Å². The zero-order chi connectivity index (χ0) is 15.6. The highest BCUT2D eigenvalue weighted by atomic mass is 19.1. The summed E-state index contributed by atoms with van der Waals surface area (Å²) < 4.78 is 22.8. The maximum Gasteiger partial charge on any atom is 0.324 e. The Balaban J connectivity index is 2.29. The van der Waals surface area contributed by atoms with Crippen molar-refractivity contribution >= 4 is 17.7 Å². The fourth-order valence-electron chi connectivity index (χ4n) is 2.24. The van der Waals surface area contributed by atoms with Gasteiger partial charge in [0.05, 0.1) is 6.61 Å². The average molecular weight is 294 g/mol. The van der Waals surface area contributed by atoms with E-state index in [9.17, 15) is 18.8 Å². The van der Waals surface area contributed by atoms with Crippen LogP contribution < -0.4 is 0 Å². The number of halogens is 1. The van der Waals surface area contributed by atoms with Gasteiger partial charge in [0, 0.05) is 18.9 Å². The monoisotopic (exact) mass is 294 g/mol. The average Bonchev–Trinajstić information content (AvgIpc) is 3.13. The molecule has 0 saturated heterocycles. The molecule has 1 fully saturated rings. The standard InChI is InChI=1S/C15H15FO5/c1-3-20-14(19)15(8-12(15)21-9(2)17)13(18)10-4-6-11(16)7-5-10/h4-7,12H,3,8H2,1-2H3/t12?,15-/m1/s1. The van der Waals surface area contributed by atoms with Crippen LogP contribution in [0.1, 0.15) is 30.6 Å². The molecule has 2 rings (SSSR count). The van der Waals surface area contributed by atoms with E-state index in [2.05, 4.69) is 0 Å². The Hall–Kier alpha value is -2.24. The first-order valence-corrected chi connectivity index (χ1v) is 6.56. The summed E-state index contributed by atoms with van der Waals surface area (Å²) in [4.78, 5) is 35.7. The Morgan fingerprint density at radius 3 is 2.43 bits per heavy atom. The molecule has 5 nitrogen and oxygen atoms in total. The van der Waals surface area contributed by atoms with E-state index in [4.69, 9.17) is 9.47 Å². The van der Waals surface area contributed by atoms with Gasteiger partial charge in [0.15, 0.2) is 11.2 Å². The number of hydrogen-bond donors (Lipinski definition) is 0. The second-order valence-electron chi connectivity index (χ2n) is 4.83. The molecule has 6 heteroatoms. The van der Waals surface area contributed by atoms with Crippen molar-refractivity contribution in [3.05, 3.63) is 35.6 Å². The maximum absolute atomic E-state index is 12.9. The molecule has 2 atom stereocenters. The molecule has 0 N–H and O–H groups in total. The lowest BCUT2D eigenvalue weighted by molar-refractivity contribution is -0.151. The van der Waals surface area contributed by atoms with E-state index in [1.165, 1.54) is 19.1 Å². The van der Waals surface area contributed by atoms with Crippen molar-refractivity contribution < 1.29 is 28.2 Å². The molecule has 1 aliphatic carbocycles. The summed E-state index contributed by atoms with van der Waals surface area (Å²) in [5.41, 5.74) is -1.32. The molecule has 1 saturated carbocycles. The molecular formula is C15H15FO5. The van der Waals surface area contributed by atoms with Crippen molar-refractivity contribution in [2.75, 3.05) is 6.61 Å². The van der Waals surface area contributed by atoms with E-state index in [0.717, 1.165) is 12.1 Å². The second-order valence-corrected chi connectivity index (χ2v) is 4.83. The number of Topliss-reactive ketones (excluding diaryl/α,β-unsaturated/α-hetero) is 1. The highest BCUT2D eigenvalue weighted by Crippen LogP contribution is 2.52. The number of ether oxygens (including phenoxy) is 2. The third-order valence-electron chi connectivity index (χ3n) is 3.36. The van der Waals surface area contributed by atoms with Gasteiger partial charge in [-0.15, -0.1) is 0 Å². The van der Waals surface area contributed by atoms with E-state index in [0.29, 0.717) is 0 Å². The zero-order valence-corrected chi connectivity index (χ0v) is 11.7. The Kier molecular flexibility index (Phi) is 4.06. The first-order valence-electron chi connectivity index (χ1n) is 6.56. The van der Waals surface area contributed by atoms with Gasteiger partial charge in [-0.3, -0.25) is 14.4 Å². The normalized spacial score (nSPS) is 23.3. The summed E-state index contributed by atoms with van der Waals surface area (Å²) >= 11 is 0. The molecular weight excluding hydrogens is 279 g/mol. The highest BCUT2D eigenvalue weighted by Gasteiger charge is 2.69. The minimum Gasteiger partial charge on any atom is -0.465 e. The molecule has 1 aliphatic rings. The predicted octanol–water partition coefficient (Wildman–Crippen LogP) is 1.89. The molecule has 112 valence electrons. The van der Waals surface area contributed by atoms with Crippen molar-refractivity contribution in [3.63, 3.8) is 0 Å². The maximum atomic E-state index is 12.9. The van der Waals surface area contributed by atoms with Crippen LogP contribution in [-0.2, 0) is 19.1 Å². The number of hydrogen-bond acceptors (Lipinski definition) is 5. The quantitative estimate of drug-likeness (QED) is 0.471. The molecule has 21 heavy (non-hydrogen) atoms. The fraction of sp³-hybridized carbons (Fsp3) is 0.400. The van der Waals surface area contributed by atoms with Crippen LogP contribution in [0.2, 0.25) is 0 Å². The van der Waals surface area contributed by atoms with Crippen molar-refractivity contribution in [1.82, 2.24) is 0 Å². The Bertz CT molecular complexity index is 580. The molecule has 0 aliphatic heterocycles. The smallest absolute Gasteiger partial charge is 0.324 e. The largest absolute Gasteiger partial charge is 0.465 e. The minimum absolute atomic E-state index is 0.0849. The lowest BCUT2D eigenvalue weighted by atomic mass is 9.94. The first kappa shape index (κ1) is 15.2. The molecule has 1 aromatic rings. The van der Waals surface area contributed by atoms with Crippen LogP contribution in [-0.4, -0.2) is 30.4 Å². The van der Waals surface area contributed by atoms with Crippen LogP contribution in [0.5, 0.6) is 0 Å². The number of esters is 2. The molecule has 1 aromatic carbocycles. The van der Waals surface area contributed by atoms with Crippen LogP contribution in [0.15, 0.2) is 24.3 Å². The summed E-state index contributed by atoms with van der Waals surface area (Å²) in [7, 11) is 0. The van der Waals surface area contributed by atoms with E-state index in [-0.39, 0.29) is 18.6 Å². The van der Waals surface area contributed by atoms with Crippen LogP contribution in [0.3, 0.4) is 0 Å². The van der Waals surface area contributed by atoms with Gasteiger partial charge in [-0.1, -0.05) is 0 Å².